The smallest absolute Gasteiger partial charge is 0.194 e. The lowest BCUT2D eigenvalue weighted by atomic mass is 10.0. The summed E-state index contributed by atoms with van der Waals surface area (Å²) < 4.78 is 37.2. The second-order valence-electron chi connectivity index (χ2n) is 4.41. The molecule has 21 heavy (non-hydrogen) atoms. The van der Waals surface area contributed by atoms with Gasteiger partial charge in [0.2, 0.25) is 0 Å². The molecule has 0 saturated carbocycles. The maximum Gasteiger partial charge on any atom is 0.194 e. The van der Waals surface area contributed by atoms with Crippen molar-refractivity contribution in [2.45, 2.75) is 0 Å². The molecule has 0 bridgehead atoms. The summed E-state index contributed by atoms with van der Waals surface area (Å²) in [6.45, 7) is 0.856. The van der Waals surface area contributed by atoms with Crippen molar-refractivity contribution in [1.82, 2.24) is 0 Å². The molecule has 0 atom stereocenters. The molecular weight excluding hydrogens is 346 g/mol. The van der Waals surface area contributed by atoms with E-state index in [4.69, 9.17) is 9.47 Å². The molecule has 0 fully saturated rings. The van der Waals surface area contributed by atoms with E-state index in [-0.39, 0.29) is 10.0 Å². The van der Waals surface area contributed by atoms with Gasteiger partial charge in [0.1, 0.15) is 13.2 Å². The van der Waals surface area contributed by atoms with Gasteiger partial charge in [0.15, 0.2) is 28.9 Å². The zero-order valence-corrected chi connectivity index (χ0v) is 12.2. The van der Waals surface area contributed by atoms with Crippen molar-refractivity contribution >= 4 is 21.7 Å². The van der Waals surface area contributed by atoms with Gasteiger partial charge < -0.3 is 9.47 Å². The number of hydrogen-bond donors (Lipinski definition) is 0. The van der Waals surface area contributed by atoms with E-state index in [1.165, 1.54) is 12.1 Å². The molecule has 0 spiro atoms. The first kappa shape index (κ1) is 14.0. The Hall–Kier alpha value is -1.95. The highest BCUT2D eigenvalue weighted by Gasteiger charge is 2.20. The van der Waals surface area contributed by atoms with Gasteiger partial charge in [0.05, 0.1) is 4.47 Å². The molecule has 3 nitrogen and oxygen atoms in total. The number of fused-ring (bicyclic) bond motifs is 1. The van der Waals surface area contributed by atoms with Gasteiger partial charge in [-0.15, -0.1) is 0 Å². The Balaban J connectivity index is 2.01. The van der Waals surface area contributed by atoms with Crippen molar-refractivity contribution in [2.24, 2.45) is 0 Å². The first-order valence-electron chi connectivity index (χ1n) is 6.16. The Labute approximate surface area is 127 Å². The molecule has 0 saturated heterocycles. The molecule has 1 aliphatic heterocycles. The summed E-state index contributed by atoms with van der Waals surface area (Å²) in [7, 11) is 0. The monoisotopic (exact) mass is 354 g/mol. The molecule has 2 aromatic rings. The number of ether oxygens (including phenoxy) is 2. The van der Waals surface area contributed by atoms with Gasteiger partial charge >= 0.3 is 0 Å². The van der Waals surface area contributed by atoms with Crippen LogP contribution in [-0.2, 0) is 0 Å². The van der Waals surface area contributed by atoms with Crippen molar-refractivity contribution in [1.29, 1.82) is 0 Å². The average Bonchev–Trinajstić information content (AvgIpc) is 2.52. The van der Waals surface area contributed by atoms with Crippen molar-refractivity contribution in [3.8, 4) is 11.5 Å². The molecule has 3 rings (SSSR count). The zero-order chi connectivity index (χ0) is 15.0. The van der Waals surface area contributed by atoms with Crippen LogP contribution in [0.2, 0.25) is 0 Å². The number of halogens is 3. The van der Waals surface area contributed by atoms with E-state index in [1.54, 1.807) is 12.1 Å². The third-order valence-corrected chi connectivity index (χ3v) is 3.86. The molecule has 0 unspecified atom stereocenters. The van der Waals surface area contributed by atoms with Gasteiger partial charge in [-0.1, -0.05) is 0 Å². The van der Waals surface area contributed by atoms with Crippen LogP contribution in [-0.4, -0.2) is 19.0 Å². The third-order valence-electron chi connectivity index (χ3n) is 3.08. The molecule has 2 aromatic carbocycles. The van der Waals surface area contributed by atoms with Gasteiger partial charge in [-0.2, -0.15) is 0 Å². The molecule has 6 heteroatoms. The van der Waals surface area contributed by atoms with Gasteiger partial charge in [0.25, 0.3) is 0 Å². The predicted octanol–water partition coefficient (Wildman–Crippen LogP) is 3.73. The number of rotatable bonds is 2. The predicted molar refractivity (Wildman–Crippen MR) is 74.9 cm³/mol. The number of ketones is 1. The topological polar surface area (TPSA) is 35.5 Å². The van der Waals surface area contributed by atoms with E-state index < -0.39 is 17.4 Å². The van der Waals surface area contributed by atoms with Crippen molar-refractivity contribution in [2.75, 3.05) is 13.2 Å². The van der Waals surface area contributed by atoms with Crippen LogP contribution in [0.3, 0.4) is 0 Å². The van der Waals surface area contributed by atoms with E-state index in [0.29, 0.717) is 30.3 Å². The average molecular weight is 355 g/mol. The van der Waals surface area contributed by atoms with Crippen molar-refractivity contribution in [3.05, 3.63) is 57.6 Å². The largest absolute Gasteiger partial charge is 0.486 e. The second kappa shape index (κ2) is 5.44. The van der Waals surface area contributed by atoms with Gasteiger partial charge in [-0.05, 0) is 46.3 Å². The quantitative estimate of drug-likeness (QED) is 0.608. The fraction of sp³-hybridized carbons (Fsp3) is 0.133. The Morgan fingerprint density at radius 1 is 1.05 bits per heavy atom. The Morgan fingerprint density at radius 2 is 1.76 bits per heavy atom. The fourth-order valence-electron chi connectivity index (χ4n) is 2.04. The van der Waals surface area contributed by atoms with E-state index in [0.717, 1.165) is 6.07 Å². The Kier molecular flexibility index (Phi) is 3.63. The van der Waals surface area contributed by atoms with Crippen molar-refractivity contribution in [3.63, 3.8) is 0 Å². The summed E-state index contributed by atoms with van der Waals surface area (Å²) in [6.07, 6.45) is 0. The van der Waals surface area contributed by atoms with Gasteiger partial charge in [-0.25, -0.2) is 8.78 Å². The number of benzene rings is 2. The standard InChI is InChI=1S/C15H9BrF2O3/c16-13-9(2-3-10(17)14(13)18)15(19)8-1-4-11-12(7-8)21-6-5-20-11/h1-4,7H,5-6H2. The normalized spacial score (nSPS) is 13.1. The second-order valence-corrected chi connectivity index (χ2v) is 5.20. The fourth-order valence-corrected chi connectivity index (χ4v) is 2.54. The Bertz CT molecular complexity index is 731. The highest BCUT2D eigenvalue weighted by atomic mass is 79.9. The summed E-state index contributed by atoms with van der Waals surface area (Å²) in [5, 5.41) is 0. The minimum absolute atomic E-state index is 0.0468. The maximum atomic E-state index is 13.5. The maximum absolute atomic E-state index is 13.5. The summed E-state index contributed by atoms with van der Waals surface area (Å²) in [5.41, 5.74) is 0.358. The van der Waals surface area contributed by atoms with Crippen LogP contribution in [0.15, 0.2) is 34.8 Å². The zero-order valence-electron chi connectivity index (χ0n) is 10.7. The minimum Gasteiger partial charge on any atom is -0.486 e. The van der Waals surface area contributed by atoms with Crippen LogP contribution in [0.4, 0.5) is 8.78 Å². The number of carbonyl (C=O) groups is 1. The van der Waals surface area contributed by atoms with Gasteiger partial charge in [0, 0.05) is 11.1 Å². The van der Waals surface area contributed by atoms with Crippen LogP contribution < -0.4 is 9.47 Å². The highest BCUT2D eigenvalue weighted by Crippen LogP contribution is 2.32. The van der Waals surface area contributed by atoms with E-state index in [1.807, 2.05) is 0 Å². The highest BCUT2D eigenvalue weighted by molar-refractivity contribution is 9.10. The lowest BCUT2D eigenvalue weighted by Gasteiger charge is -2.18. The molecule has 0 N–H and O–H groups in total. The lowest BCUT2D eigenvalue weighted by molar-refractivity contribution is 0.103. The van der Waals surface area contributed by atoms with E-state index in [9.17, 15) is 13.6 Å². The molecule has 0 radical (unpaired) electrons. The third kappa shape index (κ3) is 2.51. The lowest BCUT2D eigenvalue weighted by Crippen LogP contribution is -2.16. The molecule has 1 heterocycles. The SMILES string of the molecule is O=C(c1ccc2c(c1)OCCO2)c1ccc(F)c(F)c1Br. The van der Waals surface area contributed by atoms with Crippen molar-refractivity contribution < 1.29 is 23.0 Å². The van der Waals surface area contributed by atoms with Crippen LogP contribution in [0.5, 0.6) is 11.5 Å². The molecule has 1 aliphatic rings. The van der Waals surface area contributed by atoms with Crippen LogP contribution in [0, 0.1) is 11.6 Å². The summed E-state index contributed by atoms with van der Waals surface area (Å²) in [4.78, 5) is 12.4. The van der Waals surface area contributed by atoms with Gasteiger partial charge in [-0.3, -0.25) is 4.79 Å². The van der Waals surface area contributed by atoms with E-state index in [2.05, 4.69) is 15.9 Å². The van der Waals surface area contributed by atoms with Crippen LogP contribution >= 0.6 is 15.9 Å². The first-order valence-corrected chi connectivity index (χ1v) is 6.95. The number of carbonyl (C=O) groups excluding carboxylic acids is 1. The molecule has 0 amide bonds. The summed E-state index contributed by atoms with van der Waals surface area (Å²) in [6, 6.07) is 6.87. The number of hydrogen-bond acceptors (Lipinski definition) is 3. The molecule has 0 aliphatic carbocycles. The minimum atomic E-state index is -1.08. The molecular formula is C15H9BrF2O3. The Morgan fingerprint density at radius 3 is 2.52 bits per heavy atom. The summed E-state index contributed by atoms with van der Waals surface area (Å²) >= 11 is 2.91. The van der Waals surface area contributed by atoms with E-state index >= 15 is 0 Å². The first-order chi connectivity index (χ1) is 10.1. The molecule has 0 aromatic heterocycles. The summed E-state index contributed by atoms with van der Waals surface area (Å²) in [5.74, 6) is -1.51. The molecule has 108 valence electrons. The van der Waals surface area contributed by atoms with Crippen LogP contribution in [0.1, 0.15) is 15.9 Å². The van der Waals surface area contributed by atoms with Crippen LogP contribution in [0.25, 0.3) is 0 Å².